The van der Waals surface area contributed by atoms with Crippen molar-refractivity contribution in [3.05, 3.63) is 23.2 Å². The molecule has 6 heteroatoms. The highest BCUT2D eigenvalue weighted by molar-refractivity contribution is 6.32. The van der Waals surface area contributed by atoms with Gasteiger partial charge < -0.3 is 14.8 Å². The maximum Gasteiger partial charge on any atom is 0.306 e. The van der Waals surface area contributed by atoms with Gasteiger partial charge in [0.2, 0.25) is 5.91 Å². The number of esters is 1. The first-order chi connectivity index (χ1) is 9.92. The van der Waals surface area contributed by atoms with E-state index in [2.05, 4.69) is 5.32 Å². The van der Waals surface area contributed by atoms with Crippen molar-refractivity contribution in [1.29, 1.82) is 0 Å². The molecule has 0 saturated heterocycles. The van der Waals surface area contributed by atoms with Crippen LogP contribution in [0, 0.1) is 0 Å². The van der Waals surface area contributed by atoms with Crippen LogP contribution in [0.5, 0.6) is 5.75 Å². The summed E-state index contributed by atoms with van der Waals surface area (Å²) in [5.41, 5.74) is 0.560. The summed E-state index contributed by atoms with van der Waals surface area (Å²) in [5.74, 6) is -0.0841. The first-order valence-electron chi connectivity index (χ1n) is 6.84. The summed E-state index contributed by atoms with van der Waals surface area (Å²) in [7, 11) is 0. The molecule has 1 aromatic carbocycles. The van der Waals surface area contributed by atoms with E-state index in [4.69, 9.17) is 21.1 Å². The van der Waals surface area contributed by atoms with E-state index in [1.54, 1.807) is 25.1 Å². The zero-order valence-electron chi connectivity index (χ0n) is 12.4. The van der Waals surface area contributed by atoms with Crippen LogP contribution in [0.2, 0.25) is 5.02 Å². The minimum Gasteiger partial charge on any atom is -0.489 e. The van der Waals surface area contributed by atoms with E-state index in [0.29, 0.717) is 23.1 Å². The molecule has 5 nitrogen and oxygen atoms in total. The Morgan fingerprint density at radius 1 is 1.29 bits per heavy atom. The molecule has 0 radical (unpaired) electrons. The van der Waals surface area contributed by atoms with Crippen LogP contribution >= 0.6 is 11.6 Å². The molecular weight excluding hydrogens is 294 g/mol. The van der Waals surface area contributed by atoms with Crippen molar-refractivity contribution < 1.29 is 19.1 Å². The highest BCUT2D eigenvalue weighted by Gasteiger charge is 2.10. The molecule has 0 aliphatic heterocycles. The molecule has 0 fully saturated rings. The molecule has 0 unspecified atom stereocenters. The number of rotatable bonds is 7. The number of carbonyl (C=O) groups is 2. The van der Waals surface area contributed by atoms with Crippen molar-refractivity contribution in [3.8, 4) is 5.75 Å². The average molecular weight is 314 g/mol. The van der Waals surface area contributed by atoms with Gasteiger partial charge in [0, 0.05) is 12.1 Å². The first-order valence-corrected chi connectivity index (χ1v) is 7.21. The Bertz CT molecular complexity index is 502. The maximum absolute atomic E-state index is 11.7. The van der Waals surface area contributed by atoms with Crippen molar-refractivity contribution in [3.63, 3.8) is 0 Å². The SMILES string of the molecule is CCOC(=O)CCC(=O)Nc1ccc(OC(C)C)c(Cl)c1. The Morgan fingerprint density at radius 3 is 2.57 bits per heavy atom. The Labute approximate surface area is 129 Å². The van der Waals surface area contributed by atoms with E-state index < -0.39 is 0 Å². The maximum atomic E-state index is 11.7. The average Bonchev–Trinajstić information content (AvgIpc) is 2.39. The van der Waals surface area contributed by atoms with Crippen LogP contribution in [0.4, 0.5) is 5.69 Å². The Morgan fingerprint density at radius 2 is 2.00 bits per heavy atom. The van der Waals surface area contributed by atoms with E-state index in [1.165, 1.54) is 0 Å². The van der Waals surface area contributed by atoms with Gasteiger partial charge in [-0.15, -0.1) is 0 Å². The lowest BCUT2D eigenvalue weighted by molar-refractivity contribution is -0.144. The smallest absolute Gasteiger partial charge is 0.306 e. The van der Waals surface area contributed by atoms with Gasteiger partial charge in [-0.2, -0.15) is 0 Å². The van der Waals surface area contributed by atoms with Crippen LogP contribution in [0.15, 0.2) is 18.2 Å². The molecule has 1 rings (SSSR count). The predicted octanol–water partition coefficient (Wildman–Crippen LogP) is 3.41. The third-order valence-electron chi connectivity index (χ3n) is 2.44. The monoisotopic (exact) mass is 313 g/mol. The molecule has 0 aromatic heterocycles. The molecular formula is C15H20ClNO4. The summed E-state index contributed by atoms with van der Waals surface area (Å²) in [6, 6.07) is 5.01. The summed E-state index contributed by atoms with van der Waals surface area (Å²) in [6.45, 7) is 5.84. The minimum atomic E-state index is -0.383. The van der Waals surface area contributed by atoms with Crippen molar-refractivity contribution in [2.45, 2.75) is 39.7 Å². The van der Waals surface area contributed by atoms with Gasteiger partial charge in [-0.05, 0) is 39.0 Å². The molecule has 1 N–H and O–H groups in total. The molecule has 116 valence electrons. The molecule has 0 aliphatic carbocycles. The molecule has 0 bridgehead atoms. The van der Waals surface area contributed by atoms with E-state index >= 15 is 0 Å². The van der Waals surface area contributed by atoms with Gasteiger partial charge in [-0.1, -0.05) is 11.6 Å². The molecule has 0 spiro atoms. The highest BCUT2D eigenvalue weighted by Crippen LogP contribution is 2.28. The number of ether oxygens (including phenoxy) is 2. The lowest BCUT2D eigenvalue weighted by atomic mass is 10.2. The lowest BCUT2D eigenvalue weighted by Gasteiger charge is -2.12. The van der Waals surface area contributed by atoms with Gasteiger partial charge in [-0.3, -0.25) is 9.59 Å². The Balaban J connectivity index is 2.53. The van der Waals surface area contributed by atoms with Gasteiger partial charge in [0.25, 0.3) is 0 Å². The largest absolute Gasteiger partial charge is 0.489 e. The van der Waals surface area contributed by atoms with Crippen molar-refractivity contribution >= 4 is 29.2 Å². The second kappa shape index (κ2) is 8.52. The summed E-state index contributed by atoms with van der Waals surface area (Å²) < 4.78 is 10.3. The van der Waals surface area contributed by atoms with Crippen LogP contribution in [0.3, 0.4) is 0 Å². The van der Waals surface area contributed by atoms with Gasteiger partial charge in [0.05, 0.1) is 24.2 Å². The lowest BCUT2D eigenvalue weighted by Crippen LogP contribution is -2.14. The summed E-state index contributed by atoms with van der Waals surface area (Å²) in [5, 5.41) is 3.10. The second-order valence-electron chi connectivity index (χ2n) is 4.67. The highest BCUT2D eigenvalue weighted by atomic mass is 35.5. The van der Waals surface area contributed by atoms with Crippen LogP contribution in [0.25, 0.3) is 0 Å². The van der Waals surface area contributed by atoms with Crippen LogP contribution in [-0.4, -0.2) is 24.6 Å². The van der Waals surface area contributed by atoms with Crippen molar-refractivity contribution in [2.75, 3.05) is 11.9 Å². The second-order valence-corrected chi connectivity index (χ2v) is 5.07. The third-order valence-corrected chi connectivity index (χ3v) is 2.74. The third kappa shape index (κ3) is 6.49. The summed E-state index contributed by atoms with van der Waals surface area (Å²) in [4.78, 5) is 22.9. The number of hydrogen-bond donors (Lipinski definition) is 1. The van der Waals surface area contributed by atoms with Gasteiger partial charge in [0.15, 0.2) is 0 Å². The van der Waals surface area contributed by atoms with E-state index in [1.807, 2.05) is 13.8 Å². The van der Waals surface area contributed by atoms with E-state index in [0.717, 1.165) is 0 Å². The first kappa shape index (κ1) is 17.3. The Hall–Kier alpha value is -1.75. The summed E-state index contributed by atoms with van der Waals surface area (Å²) in [6.07, 6.45) is 0.148. The number of anilines is 1. The minimum absolute atomic E-state index is 0.0209. The molecule has 21 heavy (non-hydrogen) atoms. The number of amides is 1. The van der Waals surface area contributed by atoms with Crippen LogP contribution < -0.4 is 10.1 Å². The molecule has 0 saturated carbocycles. The zero-order valence-corrected chi connectivity index (χ0v) is 13.2. The van der Waals surface area contributed by atoms with Crippen LogP contribution in [0.1, 0.15) is 33.6 Å². The fourth-order valence-corrected chi connectivity index (χ4v) is 1.83. The number of nitrogens with one attached hydrogen (secondary N) is 1. The van der Waals surface area contributed by atoms with Crippen LogP contribution in [-0.2, 0) is 14.3 Å². The fourth-order valence-electron chi connectivity index (χ4n) is 1.60. The van der Waals surface area contributed by atoms with E-state index in [9.17, 15) is 9.59 Å². The zero-order chi connectivity index (χ0) is 15.8. The predicted molar refractivity (Wildman–Crippen MR) is 81.7 cm³/mol. The normalized spacial score (nSPS) is 10.3. The van der Waals surface area contributed by atoms with Crippen molar-refractivity contribution in [1.82, 2.24) is 0 Å². The molecule has 1 amide bonds. The topological polar surface area (TPSA) is 64.6 Å². The standard InChI is InChI=1S/C15H20ClNO4/c1-4-20-15(19)8-7-14(18)17-11-5-6-13(12(16)9-11)21-10(2)3/h5-6,9-10H,4,7-8H2,1-3H3,(H,17,18). The number of benzene rings is 1. The number of hydrogen-bond acceptors (Lipinski definition) is 4. The van der Waals surface area contributed by atoms with Gasteiger partial charge in [-0.25, -0.2) is 0 Å². The molecule has 1 aromatic rings. The fraction of sp³-hybridized carbons (Fsp3) is 0.467. The van der Waals surface area contributed by atoms with Gasteiger partial charge in [0.1, 0.15) is 5.75 Å². The summed E-state index contributed by atoms with van der Waals surface area (Å²) >= 11 is 6.08. The van der Waals surface area contributed by atoms with E-state index in [-0.39, 0.29) is 30.8 Å². The molecule has 0 aliphatic rings. The van der Waals surface area contributed by atoms with Crippen molar-refractivity contribution in [2.24, 2.45) is 0 Å². The number of halogens is 1. The quantitative estimate of drug-likeness (QED) is 0.783. The Kier molecular flexibility index (Phi) is 7.02. The van der Waals surface area contributed by atoms with Gasteiger partial charge >= 0.3 is 5.97 Å². The number of carbonyl (C=O) groups excluding carboxylic acids is 2. The molecule has 0 heterocycles. The molecule has 0 atom stereocenters.